The number of carbonyl (C=O) groups excluding carboxylic acids is 2. The topological polar surface area (TPSA) is 62.2 Å². The van der Waals surface area contributed by atoms with Gasteiger partial charge >= 0.3 is 0 Å². The highest BCUT2D eigenvalue weighted by molar-refractivity contribution is 7.12. The first-order valence-corrected chi connectivity index (χ1v) is 11.3. The summed E-state index contributed by atoms with van der Waals surface area (Å²) >= 11 is 8.05. The van der Waals surface area contributed by atoms with E-state index in [1.165, 1.54) is 5.01 Å². The molecule has 1 fully saturated rings. The average molecular weight is 446 g/mol. The number of rotatable bonds is 8. The van der Waals surface area contributed by atoms with E-state index in [0.717, 1.165) is 29.0 Å². The summed E-state index contributed by atoms with van der Waals surface area (Å²) in [6, 6.07) is 11.2. The molecule has 1 aromatic heterocycles. The average Bonchev–Trinajstić information content (AvgIpc) is 3.26. The first-order valence-electron chi connectivity index (χ1n) is 10.0. The van der Waals surface area contributed by atoms with Gasteiger partial charge in [0, 0.05) is 31.0 Å². The number of hydrogen-bond donors (Lipinski definition) is 0. The first-order chi connectivity index (χ1) is 14.6. The maximum atomic E-state index is 13.3. The third-order valence-corrected chi connectivity index (χ3v) is 6.63. The fourth-order valence-corrected chi connectivity index (χ4v) is 4.60. The Labute approximate surface area is 185 Å². The first kappa shape index (κ1) is 21.0. The second kappa shape index (κ2) is 9.29. The highest BCUT2D eigenvalue weighted by atomic mass is 35.5. The van der Waals surface area contributed by atoms with Gasteiger partial charge in [0.05, 0.1) is 23.2 Å². The Bertz CT molecular complexity index is 943. The summed E-state index contributed by atoms with van der Waals surface area (Å²) in [5.41, 5.74) is 1.72. The van der Waals surface area contributed by atoms with Crippen LogP contribution in [0.15, 0.2) is 46.9 Å². The molecular weight excluding hydrogens is 422 g/mol. The van der Waals surface area contributed by atoms with Gasteiger partial charge in [-0.05, 0) is 35.9 Å². The third-order valence-electron chi connectivity index (χ3n) is 5.37. The van der Waals surface area contributed by atoms with Crippen molar-refractivity contribution in [3.8, 4) is 0 Å². The normalized spacial score (nSPS) is 18.4. The minimum Gasteiger partial charge on any atom is -0.383 e. The van der Waals surface area contributed by atoms with Crippen LogP contribution in [-0.4, -0.2) is 54.2 Å². The van der Waals surface area contributed by atoms with Gasteiger partial charge in [0.15, 0.2) is 0 Å². The standard InChI is InChI=1S/C22H24ClN3O3S/c1-29-11-10-25(22(28)15-8-9-15)14-21(27)26-19(16-5-2-3-6-17(16)23)13-18(24-26)20-7-4-12-30-20/h2-7,12,15,19H,8-11,13-14H2,1H3/t19-/m1/s1. The maximum absolute atomic E-state index is 13.3. The van der Waals surface area contributed by atoms with Crippen LogP contribution in [0.2, 0.25) is 5.02 Å². The van der Waals surface area contributed by atoms with Crippen LogP contribution in [0.25, 0.3) is 0 Å². The van der Waals surface area contributed by atoms with E-state index < -0.39 is 0 Å². The Kier molecular flexibility index (Phi) is 6.51. The van der Waals surface area contributed by atoms with Crippen molar-refractivity contribution >= 4 is 40.5 Å². The molecule has 2 heterocycles. The third kappa shape index (κ3) is 4.58. The lowest BCUT2D eigenvalue weighted by molar-refractivity contribution is -0.142. The second-order valence-electron chi connectivity index (χ2n) is 7.53. The SMILES string of the molecule is COCCN(CC(=O)N1N=C(c2cccs2)C[C@@H]1c1ccccc1Cl)C(=O)C1CC1. The molecule has 1 atom stereocenters. The number of hydrazone groups is 1. The van der Waals surface area contributed by atoms with Crippen LogP contribution < -0.4 is 0 Å². The van der Waals surface area contributed by atoms with Gasteiger partial charge in [0.25, 0.3) is 5.91 Å². The largest absolute Gasteiger partial charge is 0.383 e. The number of amides is 2. The van der Waals surface area contributed by atoms with Crippen molar-refractivity contribution in [3.05, 3.63) is 57.2 Å². The molecule has 2 aliphatic rings. The molecule has 1 aromatic carbocycles. The van der Waals surface area contributed by atoms with E-state index in [-0.39, 0.29) is 30.3 Å². The number of nitrogens with zero attached hydrogens (tertiary/aromatic N) is 3. The molecule has 1 aliphatic heterocycles. The van der Waals surface area contributed by atoms with Crippen LogP contribution in [0.5, 0.6) is 0 Å². The fourth-order valence-electron chi connectivity index (χ4n) is 3.61. The lowest BCUT2D eigenvalue weighted by Crippen LogP contribution is -2.43. The van der Waals surface area contributed by atoms with Crippen LogP contribution >= 0.6 is 22.9 Å². The summed E-state index contributed by atoms with van der Waals surface area (Å²) in [6.07, 6.45) is 2.37. The van der Waals surface area contributed by atoms with Gasteiger partial charge in [-0.15, -0.1) is 11.3 Å². The van der Waals surface area contributed by atoms with Crippen LogP contribution in [0, 0.1) is 5.92 Å². The predicted molar refractivity (Wildman–Crippen MR) is 118 cm³/mol. The number of hydrogen-bond acceptors (Lipinski definition) is 5. The summed E-state index contributed by atoms with van der Waals surface area (Å²) in [4.78, 5) is 28.6. The van der Waals surface area contributed by atoms with Gasteiger partial charge in [-0.25, -0.2) is 5.01 Å². The van der Waals surface area contributed by atoms with E-state index in [4.69, 9.17) is 16.3 Å². The van der Waals surface area contributed by atoms with E-state index in [2.05, 4.69) is 5.10 Å². The van der Waals surface area contributed by atoms with Gasteiger partial charge in [0.2, 0.25) is 5.91 Å². The Hall–Kier alpha value is -2.22. The smallest absolute Gasteiger partial charge is 0.262 e. The van der Waals surface area contributed by atoms with Crippen molar-refractivity contribution in [2.24, 2.45) is 11.0 Å². The van der Waals surface area contributed by atoms with Crippen molar-refractivity contribution in [1.82, 2.24) is 9.91 Å². The summed E-state index contributed by atoms with van der Waals surface area (Å²) in [7, 11) is 1.59. The molecule has 0 bridgehead atoms. The monoisotopic (exact) mass is 445 g/mol. The van der Waals surface area contributed by atoms with E-state index >= 15 is 0 Å². The van der Waals surface area contributed by atoms with Crippen molar-refractivity contribution in [3.63, 3.8) is 0 Å². The van der Waals surface area contributed by atoms with Crippen LogP contribution in [0.1, 0.15) is 35.7 Å². The Morgan fingerprint density at radius 3 is 2.73 bits per heavy atom. The lowest BCUT2D eigenvalue weighted by atomic mass is 10.0. The quantitative estimate of drug-likeness (QED) is 0.617. The number of benzene rings is 1. The minimum absolute atomic E-state index is 0.0130. The van der Waals surface area contributed by atoms with Gasteiger partial charge in [0.1, 0.15) is 6.54 Å². The van der Waals surface area contributed by atoms with Gasteiger partial charge < -0.3 is 9.64 Å². The van der Waals surface area contributed by atoms with E-state index in [9.17, 15) is 9.59 Å². The zero-order valence-corrected chi connectivity index (χ0v) is 18.4. The molecule has 30 heavy (non-hydrogen) atoms. The highest BCUT2D eigenvalue weighted by Gasteiger charge is 2.38. The summed E-state index contributed by atoms with van der Waals surface area (Å²) in [5, 5.41) is 8.77. The molecule has 2 amide bonds. The lowest BCUT2D eigenvalue weighted by Gasteiger charge is -2.27. The molecule has 6 nitrogen and oxygen atoms in total. The van der Waals surface area contributed by atoms with E-state index in [0.29, 0.717) is 24.6 Å². The van der Waals surface area contributed by atoms with E-state index in [1.807, 2.05) is 41.8 Å². The molecule has 2 aromatic rings. The summed E-state index contributed by atoms with van der Waals surface area (Å²) in [6.45, 7) is 0.772. The zero-order chi connectivity index (χ0) is 21.1. The molecule has 8 heteroatoms. The van der Waals surface area contributed by atoms with Crippen molar-refractivity contribution in [2.45, 2.75) is 25.3 Å². The molecule has 1 saturated carbocycles. The minimum atomic E-state index is -0.288. The van der Waals surface area contributed by atoms with Crippen LogP contribution in [-0.2, 0) is 14.3 Å². The second-order valence-corrected chi connectivity index (χ2v) is 8.89. The molecule has 0 spiro atoms. The van der Waals surface area contributed by atoms with Gasteiger partial charge in [-0.2, -0.15) is 5.10 Å². The summed E-state index contributed by atoms with van der Waals surface area (Å²) in [5.74, 6) is -0.147. The molecular formula is C22H24ClN3O3S. The summed E-state index contributed by atoms with van der Waals surface area (Å²) < 4.78 is 5.14. The number of methoxy groups -OCH3 is 1. The van der Waals surface area contributed by atoms with E-state index in [1.54, 1.807) is 23.3 Å². The zero-order valence-electron chi connectivity index (χ0n) is 16.8. The molecule has 0 saturated heterocycles. The number of halogens is 1. The molecule has 158 valence electrons. The molecule has 0 unspecified atom stereocenters. The van der Waals surface area contributed by atoms with Crippen molar-refractivity contribution in [1.29, 1.82) is 0 Å². The van der Waals surface area contributed by atoms with Gasteiger partial charge in [-0.1, -0.05) is 35.9 Å². The van der Waals surface area contributed by atoms with Crippen LogP contribution in [0.4, 0.5) is 0 Å². The number of ether oxygens (including phenoxy) is 1. The predicted octanol–water partition coefficient (Wildman–Crippen LogP) is 3.96. The Morgan fingerprint density at radius 1 is 1.27 bits per heavy atom. The number of carbonyl (C=O) groups is 2. The van der Waals surface area contributed by atoms with Crippen LogP contribution in [0.3, 0.4) is 0 Å². The molecule has 0 N–H and O–H groups in total. The van der Waals surface area contributed by atoms with Gasteiger partial charge in [-0.3, -0.25) is 9.59 Å². The highest BCUT2D eigenvalue weighted by Crippen LogP contribution is 2.37. The van der Waals surface area contributed by atoms with Crippen molar-refractivity contribution < 1.29 is 14.3 Å². The Balaban J connectivity index is 1.59. The molecule has 4 rings (SSSR count). The molecule has 1 aliphatic carbocycles. The van der Waals surface area contributed by atoms with Crippen molar-refractivity contribution in [2.75, 3.05) is 26.8 Å². The Morgan fingerprint density at radius 2 is 2.07 bits per heavy atom. The number of thiophene rings is 1. The fraction of sp³-hybridized carbons (Fsp3) is 0.409. The maximum Gasteiger partial charge on any atom is 0.262 e. The molecule has 0 radical (unpaired) electrons.